The molecular weight excluding hydrogens is 400 g/mol. The first-order chi connectivity index (χ1) is 15.7. The molecule has 2 aliphatic heterocycles. The van der Waals surface area contributed by atoms with Crippen LogP contribution in [0.3, 0.4) is 0 Å². The monoisotopic (exact) mass is 432 g/mol. The lowest BCUT2D eigenvalue weighted by Gasteiger charge is -2.41. The van der Waals surface area contributed by atoms with E-state index in [-0.39, 0.29) is 17.9 Å². The van der Waals surface area contributed by atoms with Gasteiger partial charge >= 0.3 is 0 Å². The van der Waals surface area contributed by atoms with E-state index in [1.165, 1.54) is 24.8 Å². The molecule has 2 amide bonds. The molecule has 0 radical (unpaired) electrons. The van der Waals surface area contributed by atoms with E-state index >= 15 is 0 Å². The van der Waals surface area contributed by atoms with Crippen molar-refractivity contribution < 1.29 is 14.3 Å². The van der Waals surface area contributed by atoms with Gasteiger partial charge in [-0.2, -0.15) is 0 Å². The van der Waals surface area contributed by atoms with Gasteiger partial charge in [-0.15, -0.1) is 0 Å². The molecule has 2 aromatic rings. The standard InChI is InChI=1S/C27H32N2O3/c30-26-15-12-20-6-4-5-9-25(20)29(26)22-16-18-28(19-17-22)27(31)21-10-13-24(14-11-21)32-23-7-2-1-3-8-23/h4-6,9-11,13-14,22-23H,1-3,7-8,12,15-19H2. The quantitative estimate of drug-likeness (QED) is 0.684. The van der Waals surface area contributed by atoms with Gasteiger partial charge in [0.25, 0.3) is 5.91 Å². The number of rotatable bonds is 4. The molecule has 32 heavy (non-hydrogen) atoms. The number of nitrogens with zero attached hydrogens (tertiary/aromatic N) is 2. The number of carbonyl (C=O) groups is 2. The molecule has 0 unspecified atom stereocenters. The maximum absolute atomic E-state index is 13.1. The van der Waals surface area contributed by atoms with E-state index in [0.717, 1.165) is 43.5 Å². The summed E-state index contributed by atoms with van der Waals surface area (Å²) in [7, 11) is 0. The minimum absolute atomic E-state index is 0.0676. The summed E-state index contributed by atoms with van der Waals surface area (Å²) in [5.41, 5.74) is 3.02. The average molecular weight is 433 g/mol. The number of carbonyl (C=O) groups excluding carboxylic acids is 2. The number of anilines is 1. The topological polar surface area (TPSA) is 49.9 Å². The highest BCUT2D eigenvalue weighted by Gasteiger charge is 2.33. The number of fused-ring (bicyclic) bond motifs is 1. The molecule has 1 aliphatic carbocycles. The zero-order valence-corrected chi connectivity index (χ0v) is 18.7. The molecule has 3 aliphatic rings. The molecule has 2 aromatic carbocycles. The van der Waals surface area contributed by atoms with Crippen molar-refractivity contribution in [1.29, 1.82) is 0 Å². The van der Waals surface area contributed by atoms with Gasteiger partial charge in [-0.1, -0.05) is 24.6 Å². The molecule has 2 heterocycles. The molecule has 0 aromatic heterocycles. The van der Waals surface area contributed by atoms with Crippen LogP contribution < -0.4 is 9.64 Å². The number of ether oxygens (including phenoxy) is 1. The molecule has 5 nitrogen and oxygen atoms in total. The van der Waals surface area contributed by atoms with Gasteiger partial charge in [-0.25, -0.2) is 0 Å². The second-order valence-corrected chi connectivity index (χ2v) is 9.32. The largest absolute Gasteiger partial charge is 0.490 e. The lowest BCUT2D eigenvalue weighted by molar-refractivity contribution is -0.119. The number of likely N-dealkylation sites (tertiary alicyclic amines) is 1. The number of para-hydroxylation sites is 1. The van der Waals surface area contributed by atoms with Crippen LogP contribution in [0.15, 0.2) is 48.5 Å². The Bertz CT molecular complexity index is 957. The smallest absolute Gasteiger partial charge is 0.253 e. The van der Waals surface area contributed by atoms with Crippen LogP contribution in [0.2, 0.25) is 0 Å². The van der Waals surface area contributed by atoms with Crippen LogP contribution in [0.4, 0.5) is 5.69 Å². The summed E-state index contributed by atoms with van der Waals surface area (Å²) in [4.78, 5) is 29.7. The fourth-order valence-electron chi connectivity index (χ4n) is 5.42. The average Bonchev–Trinajstić information content (AvgIpc) is 2.85. The number of aryl methyl sites for hydroxylation is 1. The van der Waals surface area contributed by atoms with Crippen molar-refractivity contribution in [2.75, 3.05) is 18.0 Å². The lowest BCUT2D eigenvalue weighted by Crippen LogP contribution is -2.50. The fraction of sp³-hybridized carbons (Fsp3) is 0.481. The zero-order valence-electron chi connectivity index (χ0n) is 18.7. The lowest BCUT2D eigenvalue weighted by atomic mass is 9.95. The van der Waals surface area contributed by atoms with Crippen molar-refractivity contribution in [2.24, 2.45) is 0 Å². The van der Waals surface area contributed by atoms with Gasteiger partial charge in [0.15, 0.2) is 0 Å². The summed E-state index contributed by atoms with van der Waals surface area (Å²) >= 11 is 0. The van der Waals surface area contributed by atoms with Crippen LogP contribution in [-0.4, -0.2) is 41.9 Å². The molecular formula is C27H32N2O3. The fourth-order valence-corrected chi connectivity index (χ4v) is 5.42. The highest BCUT2D eigenvalue weighted by Crippen LogP contribution is 2.32. The van der Waals surface area contributed by atoms with Gasteiger partial charge in [-0.3, -0.25) is 9.59 Å². The van der Waals surface area contributed by atoms with Gasteiger partial charge < -0.3 is 14.5 Å². The molecule has 168 valence electrons. The van der Waals surface area contributed by atoms with E-state index in [1.807, 2.05) is 46.2 Å². The first kappa shape index (κ1) is 21.0. The molecule has 1 saturated carbocycles. The van der Waals surface area contributed by atoms with E-state index in [9.17, 15) is 9.59 Å². The maximum atomic E-state index is 13.1. The normalized spacial score (nSPS) is 20.2. The summed E-state index contributed by atoms with van der Waals surface area (Å²) in [6.07, 6.45) is 9.38. The molecule has 0 spiro atoms. The van der Waals surface area contributed by atoms with Crippen LogP contribution in [0.1, 0.15) is 67.3 Å². The predicted molar refractivity (Wildman–Crippen MR) is 125 cm³/mol. The minimum atomic E-state index is 0.0676. The van der Waals surface area contributed by atoms with E-state index < -0.39 is 0 Å². The first-order valence-electron chi connectivity index (χ1n) is 12.1. The Labute approximate surface area is 190 Å². The summed E-state index contributed by atoms with van der Waals surface area (Å²) < 4.78 is 6.09. The number of benzene rings is 2. The van der Waals surface area contributed by atoms with E-state index in [0.29, 0.717) is 31.2 Å². The molecule has 0 atom stereocenters. The number of hydrogen-bond donors (Lipinski definition) is 0. The maximum Gasteiger partial charge on any atom is 0.253 e. The van der Waals surface area contributed by atoms with Crippen molar-refractivity contribution in [3.63, 3.8) is 0 Å². The number of amides is 2. The molecule has 5 rings (SSSR count). The summed E-state index contributed by atoms with van der Waals surface area (Å²) in [5.74, 6) is 1.13. The molecule has 1 saturated heterocycles. The first-order valence-corrected chi connectivity index (χ1v) is 12.1. The van der Waals surface area contributed by atoms with Crippen LogP contribution in [0.5, 0.6) is 5.75 Å². The third kappa shape index (κ3) is 4.38. The summed E-state index contributed by atoms with van der Waals surface area (Å²) in [6.45, 7) is 1.35. The number of piperidine rings is 1. The van der Waals surface area contributed by atoms with E-state index in [4.69, 9.17) is 4.74 Å². The SMILES string of the molecule is O=C(c1ccc(OC2CCCCC2)cc1)N1CCC(N2C(=O)CCc3ccccc32)CC1. The molecule has 5 heteroatoms. The van der Waals surface area contributed by atoms with Crippen molar-refractivity contribution in [3.05, 3.63) is 59.7 Å². The van der Waals surface area contributed by atoms with Gasteiger partial charge in [0.2, 0.25) is 5.91 Å². The third-order valence-corrected chi connectivity index (χ3v) is 7.20. The van der Waals surface area contributed by atoms with Gasteiger partial charge in [0, 0.05) is 36.8 Å². The van der Waals surface area contributed by atoms with Crippen LogP contribution in [0, 0.1) is 0 Å². The second-order valence-electron chi connectivity index (χ2n) is 9.32. The Hall–Kier alpha value is -2.82. The highest BCUT2D eigenvalue weighted by molar-refractivity contribution is 5.97. The van der Waals surface area contributed by atoms with Crippen LogP contribution in [0.25, 0.3) is 0 Å². The minimum Gasteiger partial charge on any atom is -0.490 e. The van der Waals surface area contributed by atoms with Crippen LogP contribution in [-0.2, 0) is 11.2 Å². The number of hydrogen-bond acceptors (Lipinski definition) is 3. The molecule has 2 fully saturated rings. The highest BCUT2D eigenvalue weighted by atomic mass is 16.5. The van der Waals surface area contributed by atoms with Gasteiger partial charge in [-0.05, 0) is 80.8 Å². The van der Waals surface area contributed by atoms with E-state index in [1.54, 1.807) is 0 Å². The summed E-state index contributed by atoms with van der Waals surface area (Å²) in [5, 5.41) is 0. The predicted octanol–water partition coefficient (Wildman–Crippen LogP) is 4.98. The van der Waals surface area contributed by atoms with Gasteiger partial charge in [0.05, 0.1) is 6.10 Å². The van der Waals surface area contributed by atoms with Crippen LogP contribution >= 0.6 is 0 Å². The molecule has 0 N–H and O–H groups in total. The Morgan fingerprint density at radius 2 is 1.56 bits per heavy atom. The van der Waals surface area contributed by atoms with Gasteiger partial charge in [0.1, 0.15) is 5.75 Å². The van der Waals surface area contributed by atoms with Crippen molar-refractivity contribution in [1.82, 2.24) is 4.90 Å². The molecule has 0 bridgehead atoms. The Balaban J connectivity index is 1.19. The zero-order chi connectivity index (χ0) is 21.9. The Morgan fingerprint density at radius 1 is 0.844 bits per heavy atom. The summed E-state index contributed by atoms with van der Waals surface area (Å²) in [6, 6.07) is 16.0. The third-order valence-electron chi connectivity index (χ3n) is 7.20. The van der Waals surface area contributed by atoms with Crippen molar-refractivity contribution in [2.45, 2.75) is 69.9 Å². The Morgan fingerprint density at radius 3 is 2.31 bits per heavy atom. The van der Waals surface area contributed by atoms with Crippen molar-refractivity contribution >= 4 is 17.5 Å². The van der Waals surface area contributed by atoms with E-state index in [2.05, 4.69) is 12.1 Å². The van der Waals surface area contributed by atoms with Crippen molar-refractivity contribution in [3.8, 4) is 5.75 Å². The second kappa shape index (κ2) is 9.35. The Kier molecular flexibility index (Phi) is 6.15.